The van der Waals surface area contributed by atoms with E-state index in [-0.39, 0.29) is 0 Å². The van der Waals surface area contributed by atoms with Crippen molar-refractivity contribution in [1.29, 1.82) is 5.26 Å². The van der Waals surface area contributed by atoms with Crippen LogP contribution in [0.5, 0.6) is 0 Å². The topological polar surface area (TPSA) is 72.3 Å². The highest BCUT2D eigenvalue weighted by atomic mass is 15.0. The Morgan fingerprint density at radius 1 is 0.404 bits per heavy atom. The largest absolute Gasteiger partial charge is 0.309 e. The van der Waals surface area contributed by atoms with Crippen molar-refractivity contribution >= 4 is 43.6 Å². The Morgan fingerprint density at radius 3 is 1.62 bits per heavy atom. The number of hydrogen-bond donors (Lipinski definition) is 0. The summed E-state index contributed by atoms with van der Waals surface area (Å²) in [5.74, 6) is 1.87. The maximum Gasteiger partial charge on any atom is 0.164 e. The van der Waals surface area contributed by atoms with Crippen LogP contribution >= 0.6 is 0 Å². The molecule has 0 amide bonds. The predicted octanol–water partition coefficient (Wildman–Crippen LogP) is 10.9. The second-order valence-corrected chi connectivity index (χ2v) is 12.8. The molecule has 242 valence electrons. The molecule has 0 aliphatic rings. The summed E-state index contributed by atoms with van der Waals surface area (Å²) in [6.07, 6.45) is 0. The van der Waals surface area contributed by atoms with Crippen LogP contribution in [0, 0.1) is 11.3 Å². The molecule has 52 heavy (non-hydrogen) atoms. The van der Waals surface area contributed by atoms with Gasteiger partial charge in [-0.15, -0.1) is 0 Å². The van der Waals surface area contributed by atoms with E-state index in [4.69, 9.17) is 15.0 Å². The molecule has 7 aromatic carbocycles. The molecule has 10 rings (SSSR count). The van der Waals surface area contributed by atoms with Gasteiger partial charge >= 0.3 is 0 Å². The third kappa shape index (κ3) is 4.68. The quantitative estimate of drug-likeness (QED) is 0.184. The van der Waals surface area contributed by atoms with Crippen molar-refractivity contribution in [3.05, 3.63) is 175 Å². The number of rotatable bonds is 5. The molecule has 0 saturated carbocycles. The minimum absolute atomic E-state index is 0.609. The standard InChI is InChI=1S/C46H28N6/c47-29-30-22-24-34(25-23-30)51-40-21-10-8-19-38(40)42-41(51)27-26-37-36-18-7-9-20-39(36)52(43(37)42)35-17-11-16-33(28-35)46-49-44(31-12-3-1-4-13-31)48-45(50-46)32-14-5-2-6-15-32/h1-28H. The van der Waals surface area contributed by atoms with Gasteiger partial charge in [-0.05, 0) is 54.6 Å². The van der Waals surface area contributed by atoms with Gasteiger partial charge in [0.05, 0.1) is 33.7 Å². The molecule has 0 unspecified atom stereocenters. The Kier molecular flexibility index (Phi) is 6.76. The van der Waals surface area contributed by atoms with Crippen LogP contribution in [0.2, 0.25) is 0 Å². The first-order chi connectivity index (χ1) is 25.7. The Hall–Kier alpha value is -7.36. The van der Waals surface area contributed by atoms with Gasteiger partial charge in [0, 0.05) is 49.6 Å². The summed E-state index contributed by atoms with van der Waals surface area (Å²) in [5, 5.41) is 14.2. The zero-order chi connectivity index (χ0) is 34.6. The van der Waals surface area contributed by atoms with Gasteiger partial charge in [-0.1, -0.05) is 115 Å². The Labute approximate surface area is 299 Å². The lowest BCUT2D eigenvalue weighted by molar-refractivity contribution is 1.07. The maximum absolute atomic E-state index is 9.48. The number of nitrogens with zero attached hydrogens (tertiary/aromatic N) is 6. The predicted molar refractivity (Wildman–Crippen MR) is 210 cm³/mol. The summed E-state index contributed by atoms with van der Waals surface area (Å²) in [6, 6.07) is 60.3. The number of hydrogen-bond acceptors (Lipinski definition) is 4. The monoisotopic (exact) mass is 664 g/mol. The second-order valence-electron chi connectivity index (χ2n) is 12.8. The smallest absolute Gasteiger partial charge is 0.164 e. The van der Waals surface area contributed by atoms with Gasteiger partial charge in [-0.3, -0.25) is 0 Å². The Morgan fingerprint density at radius 2 is 0.962 bits per heavy atom. The fraction of sp³-hybridized carbons (Fsp3) is 0. The van der Waals surface area contributed by atoms with Crippen LogP contribution in [-0.2, 0) is 0 Å². The lowest BCUT2D eigenvalue weighted by Gasteiger charge is -2.12. The third-order valence-electron chi connectivity index (χ3n) is 9.79. The molecule has 6 nitrogen and oxygen atoms in total. The molecule has 6 heteroatoms. The molecule has 3 aromatic heterocycles. The van der Waals surface area contributed by atoms with E-state index in [0.29, 0.717) is 23.0 Å². The molecule has 0 N–H and O–H groups in total. The molecule has 10 aromatic rings. The normalized spacial score (nSPS) is 11.4. The van der Waals surface area contributed by atoms with Crippen LogP contribution in [0.3, 0.4) is 0 Å². The number of fused-ring (bicyclic) bond motifs is 7. The van der Waals surface area contributed by atoms with Crippen molar-refractivity contribution in [2.75, 3.05) is 0 Å². The fourth-order valence-corrected chi connectivity index (χ4v) is 7.46. The highest BCUT2D eigenvalue weighted by molar-refractivity contribution is 6.26. The van der Waals surface area contributed by atoms with Crippen LogP contribution < -0.4 is 0 Å². The van der Waals surface area contributed by atoms with E-state index in [9.17, 15) is 5.26 Å². The summed E-state index contributed by atoms with van der Waals surface area (Å²) >= 11 is 0. The zero-order valence-electron chi connectivity index (χ0n) is 27.8. The first-order valence-corrected chi connectivity index (χ1v) is 17.2. The highest BCUT2D eigenvalue weighted by Crippen LogP contribution is 2.42. The van der Waals surface area contributed by atoms with E-state index in [2.05, 4.69) is 100 Å². The molecule has 0 saturated heterocycles. The van der Waals surface area contributed by atoms with Crippen molar-refractivity contribution in [2.45, 2.75) is 0 Å². The summed E-state index contributed by atoms with van der Waals surface area (Å²) < 4.78 is 4.67. The van der Waals surface area contributed by atoms with Gasteiger partial charge in [-0.25, -0.2) is 15.0 Å². The summed E-state index contributed by atoms with van der Waals surface area (Å²) in [7, 11) is 0. The first-order valence-electron chi connectivity index (χ1n) is 17.2. The number of para-hydroxylation sites is 2. The molecule has 0 radical (unpaired) electrons. The Balaban J connectivity index is 1.24. The lowest BCUT2D eigenvalue weighted by atomic mass is 10.1. The molecule has 0 spiro atoms. The van der Waals surface area contributed by atoms with Crippen molar-refractivity contribution in [2.24, 2.45) is 0 Å². The molecular formula is C46H28N6. The molecular weight excluding hydrogens is 637 g/mol. The molecule has 0 aliphatic heterocycles. The average Bonchev–Trinajstić information content (AvgIpc) is 3.74. The van der Waals surface area contributed by atoms with Crippen molar-refractivity contribution < 1.29 is 0 Å². The molecule has 3 heterocycles. The minimum Gasteiger partial charge on any atom is -0.309 e. The Bertz CT molecular complexity index is 2950. The van der Waals surface area contributed by atoms with E-state index in [1.165, 1.54) is 10.8 Å². The van der Waals surface area contributed by atoms with E-state index >= 15 is 0 Å². The molecule has 0 fully saturated rings. The van der Waals surface area contributed by atoms with Crippen molar-refractivity contribution in [1.82, 2.24) is 24.1 Å². The SMILES string of the molecule is N#Cc1ccc(-n2c3ccccc3c3c2ccc2c4ccccc4n(-c4cccc(-c5nc(-c6ccccc6)nc(-c6ccccc6)n5)c4)c23)cc1. The van der Waals surface area contributed by atoms with Gasteiger partial charge in [0.2, 0.25) is 0 Å². The first kappa shape index (κ1) is 29.5. The second kappa shape index (κ2) is 11.9. The number of nitriles is 1. The lowest BCUT2D eigenvalue weighted by Crippen LogP contribution is -2.01. The van der Waals surface area contributed by atoms with Crippen LogP contribution in [0.4, 0.5) is 0 Å². The fourth-order valence-electron chi connectivity index (χ4n) is 7.46. The van der Waals surface area contributed by atoms with E-state index in [1.54, 1.807) is 0 Å². The van der Waals surface area contributed by atoms with Crippen LogP contribution in [0.1, 0.15) is 5.56 Å². The summed E-state index contributed by atoms with van der Waals surface area (Å²) in [6.45, 7) is 0. The van der Waals surface area contributed by atoms with Gasteiger partial charge in [0.15, 0.2) is 17.5 Å². The van der Waals surface area contributed by atoms with Gasteiger partial charge in [-0.2, -0.15) is 5.26 Å². The van der Waals surface area contributed by atoms with Crippen molar-refractivity contribution in [3.8, 4) is 51.6 Å². The van der Waals surface area contributed by atoms with Crippen LogP contribution in [0.15, 0.2) is 170 Å². The van der Waals surface area contributed by atoms with Gasteiger partial charge < -0.3 is 9.13 Å². The van der Waals surface area contributed by atoms with E-state index in [0.717, 1.165) is 60.9 Å². The third-order valence-corrected chi connectivity index (χ3v) is 9.79. The summed E-state index contributed by atoms with van der Waals surface area (Å²) in [5.41, 5.74) is 9.85. The van der Waals surface area contributed by atoms with Crippen LogP contribution in [-0.4, -0.2) is 24.1 Å². The average molecular weight is 665 g/mol. The van der Waals surface area contributed by atoms with E-state index < -0.39 is 0 Å². The molecule has 0 atom stereocenters. The highest BCUT2D eigenvalue weighted by Gasteiger charge is 2.21. The number of aromatic nitrogens is 5. The molecule has 0 aliphatic carbocycles. The molecule has 0 bridgehead atoms. The maximum atomic E-state index is 9.48. The zero-order valence-corrected chi connectivity index (χ0v) is 27.8. The number of benzene rings is 7. The van der Waals surface area contributed by atoms with E-state index in [1.807, 2.05) is 84.9 Å². The van der Waals surface area contributed by atoms with Crippen molar-refractivity contribution in [3.63, 3.8) is 0 Å². The summed E-state index contributed by atoms with van der Waals surface area (Å²) in [4.78, 5) is 15.0. The van der Waals surface area contributed by atoms with Gasteiger partial charge in [0.25, 0.3) is 0 Å². The van der Waals surface area contributed by atoms with Gasteiger partial charge in [0.1, 0.15) is 0 Å². The van der Waals surface area contributed by atoms with Crippen LogP contribution in [0.25, 0.3) is 89.2 Å². The minimum atomic E-state index is 0.609.